The molecule has 4 nitrogen and oxygen atoms in total. The van der Waals surface area contributed by atoms with Crippen molar-refractivity contribution in [2.24, 2.45) is 0 Å². The summed E-state index contributed by atoms with van der Waals surface area (Å²) in [6.07, 6.45) is 5.91. The monoisotopic (exact) mass is 314 g/mol. The maximum atomic E-state index is 9.26. The molecule has 0 spiro atoms. The summed E-state index contributed by atoms with van der Waals surface area (Å²) >= 11 is 0. The first-order valence-electron chi connectivity index (χ1n) is 8.86. The molecule has 2 fully saturated rings. The van der Waals surface area contributed by atoms with Gasteiger partial charge in [0.25, 0.3) is 0 Å². The van der Waals surface area contributed by atoms with Crippen molar-refractivity contribution in [2.45, 2.75) is 115 Å². The van der Waals surface area contributed by atoms with E-state index in [2.05, 4.69) is 52.2 Å². The van der Waals surface area contributed by atoms with Crippen LogP contribution in [0.3, 0.4) is 0 Å². The van der Waals surface area contributed by atoms with Crippen LogP contribution < -0.4 is 10.6 Å². The van der Waals surface area contributed by atoms with E-state index in [0.29, 0.717) is 12.1 Å². The first-order chi connectivity index (χ1) is 9.94. The van der Waals surface area contributed by atoms with Gasteiger partial charge in [-0.25, -0.2) is 0 Å². The molecule has 2 aliphatic carbocycles. The minimum Gasteiger partial charge on any atom is -0.393 e. The standard InChI is InChI=1S/2C9H19NO/c2*1-9(2,3)10-7-4-5-8(11)6-7/h2*7-8,10-11H,4-6H2,1-3H3/t7-,8+;7-,8-/m00/s1. The third kappa shape index (κ3) is 9.09. The van der Waals surface area contributed by atoms with Gasteiger partial charge in [0.15, 0.2) is 0 Å². The molecule has 0 aromatic carbocycles. The molecule has 0 aromatic heterocycles. The van der Waals surface area contributed by atoms with Crippen molar-refractivity contribution < 1.29 is 10.2 Å². The average Bonchev–Trinajstić information content (AvgIpc) is 2.84. The van der Waals surface area contributed by atoms with Crippen LogP contribution in [-0.4, -0.2) is 45.6 Å². The summed E-state index contributed by atoms with van der Waals surface area (Å²) in [5.74, 6) is 0. The Kier molecular flexibility index (Phi) is 7.31. The van der Waals surface area contributed by atoms with E-state index in [4.69, 9.17) is 0 Å². The lowest BCUT2D eigenvalue weighted by Gasteiger charge is -2.25. The van der Waals surface area contributed by atoms with Gasteiger partial charge in [-0.05, 0) is 80.1 Å². The van der Waals surface area contributed by atoms with Crippen LogP contribution in [0.4, 0.5) is 0 Å². The maximum Gasteiger partial charge on any atom is 0.0555 e. The van der Waals surface area contributed by atoms with E-state index >= 15 is 0 Å². The summed E-state index contributed by atoms with van der Waals surface area (Å²) in [6.45, 7) is 13.0. The predicted molar refractivity (Wildman–Crippen MR) is 93.1 cm³/mol. The van der Waals surface area contributed by atoms with Gasteiger partial charge in [-0.2, -0.15) is 0 Å². The Morgan fingerprint density at radius 3 is 1.14 bits per heavy atom. The third-order valence-corrected chi connectivity index (χ3v) is 4.08. The number of hydrogen-bond donors (Lipinski definition) is 4. The number of nitrogens with one attached hydrogen (secondary N) is 2. The van der Waals surface area contributed by atoms with Crippen LogP contribution in [0.25, 0.3) is 0 Å². The van der Waals surface area contributed by atoms with Crippen molar-refractivity contribution in [1.29, 1.82) is 0 Å². The van der Waals surface area contributed by atoms with Gasteiger partial charge in [-0.1, -0.05) is 0 Å². The number of rotatable bonds is 2. The Morgan fingerprint density at radius 1 is 0.636 bits per heavy atom. The summed E-state index contributed by atoms with van der Waals surface area (Å²) in [6, 6.07) is 1.06. The molecule has 22 heavy (non-hydrogen) atoms. The smallest absolute Gasteiger partial charge is 0.0555 e. The van der Waals surface area contributed by atoms with Gasteiger partial charge in [-0.3, -0.25) is 0 Å². The van der Waals surface area contributed by atoms with Crippen LogP contribution in [-0.2, 0) is 0 Å². The molecule has 4 heteroatoms. The lowest BCUT2D eigenvalue weighted by molar-refractivity contribution is 0.177. The van der Waals surface area contributed by atoms with Crippen LogP contribution in [0.2, 0.25) is 0 Å². The highest BCUT2D eigenvalue weighted by Gasteiger charge is 2.26. The molecule has 2 saturated carbocycles. The second-order valence-electron chi connectivity index (χ2n) is 9.12. The quantitative estimate of drug-likeness (QED) is 0.632. The van der Waals surface area contributed by atoms with Crippen LogP contribution in [0, 0.1) is 0 Å². The van der Waals surface area contributed by atoms with Crippen molar-refractivity contribution >= 4 is 0 Å². The van der Waals surface area contributed by atoms with E-state index in [1.54, 1.807) is 0 Å². The summed E-state index contributed by atoms with van der Waals surface area (Å²) in [5.41, 5.74) is 0.378. The van der Waals surface area contributed by atoms with Gasteiger partial charge in [-0.15, -0.1) is 0 Å². The third-order valence-electron chi connectivity index (χ3n) is 4.08. The number of aliphatic hydroxyl groups is 2. The number of aliphatic hydroxyl groups excluding tert-OH is 2. The molecule has 0 unspecified atom stereocenters. The molecular weight excluding hydrogens is 276 g/mol. The van der Waals surface area contributed by atoms with Crippen molar-refractivity contribution in [3.05, 3.63) is 0 Å². The normalized spacial score (nSPS) is 32.7. The molecule has 2 rings (SSSR count). The molecule has 0 radical (unpaired) electrons. The molecule has 0 saturated heterocycles. The van der Waals surface area contributed by atoms with Crippen LogP contribution >= 0.6 is 0 Å². The zero-order valence-corrected chi connectivity index (χ0v) is 15.4. The molecule has 0 aromatic rings. The minimum absolute atomic E-state index is 0.0603. The lowest BCUT2D eigenvalue weighted by atomic mass is 10.1. The minimum atomic E-state index is -0.0603. The van der Waals surface area contributed by atoms with Gasteiger partial charge in [0.1, 0.15) is 0 Å². The fourth-order valence-corrected chi connectivity index (χ4v) is 3.40. The zero-order chi connectivity index (χ0) is 17.0. The van der Waals surface area contributed by atoms with Gasteiger partial charge in [0.05, 0.1) is 12.2 Å². The van der Waals surface area contributed by atoms with E-state index in [1.807, 2.05) is 0 Å². The molecule has 0 amide bonds. The Bertz CT molecular complexity index is 288. The first-order valence-corrected chi connectivity index (χ1v) is 8.86. The van der Waals surface area contributed by atoms with Crippen LogP contribution in [0.15, 0.2) is 0 Å². The fourth-order valence-electron chi connectivity index (χ4n) is 3.40. The van der Waals surface area contributed by atoms with E-state index in [9.17, 15) is 10.2 Å². The van der Waals surface area contributed by atoms with E-state index in [-0.39, 0.29) is 23.3 Å². The Labute approximate surface area is 137 Å². The molecule has 2 aliphatic rings. The second-order valence-corrected chi connectivity index (χ2v) is 9.12. The van der Waals surface area contributed by atoms with Crippen molar-refractivity contribution in [1.82, 2.24) is 10.6 Å². The highest BCUT2D eigenvalue weighted by Crippen LogP contribution is 2.21. The van der Waals surface area contributed by atoms with Crippen molar-refractivity contribution in [2.75, 3.05) is 0 Å². The zero-order valence-electron chi connectivity index (χ0n) is 15.4. The van der Waals surface area contributed by atoms with E-state index < -0.39 is 0 Å². The molecule has 0 aliphatic heterocycles. The summed E-state index contributed by atoms with van der Waals surface area (Å²) in [5, 5.41) is 25.5. The predicted octanol–water partition coefficient (Wildman–Crippen LogP) is 2.58. The molecular formula is C18H38N2O2. The SMILES string of the molecule is CC(C)(C)N[C@H]1CC[C@@H](O)C1.CC(C)(C)N[C@H]1CC[C@H](O)C1. The van der Waals surface area contributed by atoms with E-state index in [0.717, 1.165) is 38.5 Å². The lowest BCUT2D eigenvalue weighted by Crippen LogP contribution is -2.42. The van der Waals surface area contributed by atoms with Gasteiger partial charge in [0.2, 0.25) is 0 Å². The van der Waals surface area contributed by atoms with Gasteiger partial charge in [0, 0.05) is 23.2 Å². The van der Waals surface area contributed by atoms with Crippen molar-refractivity contribution in [3.8, 4) is 0 Å². The van der Waals surface area contributed by atoms with E-state index in [1.165, 1.54) is 0 Å². The average molecular weight is 315 g/mol. The fraction of sp³-hybridized carbons (Fsp3) is 1.00. The Hall–Kier alpha value is -0.160. The molecule has 4 N–H and O–H groups in total. The first kappa shape index (κ1) is 19.9. The van der Waals surface area contributed by atoms with Gasteiger partial charge < -0.3 is 20.8 Å². The summed E-state index contributed by atoms with van der Waals surface area (Å²) < 4.78 is 0. The Balaban J connectivity index is 0.000000220. The molecule has 0 heterocycles. The van der Waals surface area contributed by atoms with Crippen LogP contribution in [0.5, 0.6) is 0 Å². The molecule has 132 valence electrons. The highest BCUT2D eigenvalue weighted by molar-refractivity contribution is 4.86. The molecule has 4 atom stereocenters. The topological polar surface area (TPSA) is 64.5 Å². The largest absolute Gasteiger partial charge is 0.393 e. The van der Waals surface area contributed by atoms with Crippen LogP contribution in [0.1, 0.15) is 80.1 Å². The second kappa shape index (κ2) is 8.09. The molecule has 0 bridgehead atoms. The summed E-state index contributed by atoms with van der Waals surface area (Å²) in [7, 11) is 0. The highest BCUT2D eigenvalue weighted by atomic mass is 16.3. The Morgan fingerprint density at radius 2 is 0.955 bits per heavy atom. The summed E-state index contributed by atoms with van der Waals surface area (Å²) in [4.78, 5) is 0. The number of hydrogen-bond acceptors (Lipinski definition) is 4. The maximum absolute atomic E-state index is 9.26. The van der Waals surface area contributed by atoms with Crippen molar-refractivity contribution in [3.63, 3.8) is 0 Å². The van der Waals surface area contributed by atoms with Gasteiger partial charge >= 0.3 is 0 Å².